The minimum Gasteiger partial charge on any atom is -0.381 e. The highest BCUT2D eigenvalue weighted by Crippen LogP contribution is 2.20. The van der Waals surface area contributed by atoms with Crippen molar-refractivity contribution in [3.05, 3.63) is 35.4 Å². The zero-order valence-electron chi connectivity index (χ0n) is 9.23. The number of nitrogens with two attached hydrogens (primary N) is 1. The van der Waals surface area contributed by atoms with Crippen LogP contribution in [0.5, 0.6) is 0 Å². The first-order valence-corrected chi connectivity index (χ1v) is 5.62. The molecule has 1 aromatic carbocycles. The summed E-state index contributed by atoms with van der Waals surface area (Å²) in [6, 6.07) is 10.1. The molecular formula is C13H16N2O. The van der Waals surface area contributed by atoms with Gasteiger partial charge in [-0.15, -0.1) is 0 Å². The largest absolute Gasteiger partial charge is 0.381 e. The Morgan fingerprint density at radius 3 is 3.00 bits per heavy atom. The molecule has 2 N–H and O–H groups in total. The van der Waals surface area contributed by atoms with E-state index < -0.39 is 0 Å². The van der Waals surface area contributed by atoms with Crippen LogP contribution in [0.2, 0.25) is 0 Å². The van der Waals surface area contributed by atoms with Gasteiger partial charge in [0.2, 0.25) is 0 Å². The molecular weight excluding hydrogens is 200 g/mol. The fourth-order valence-corrected chi connectivity index (χ4v) is 2.11. The maximum Gasteiger partial charge on any atom is 0.0994 e. The zero-order chi connectivity index (χ0) is 11.4. The molecule has 0 bridgehead atoms. The van der Waals surface area contributed by atoms with Gasteiger partial charge in [-0.25, -0.2) is 0 Å². The maximum absolute atomic E-state index is 9.00. The number of ether oxygens (including phenoxy) is 1. The van der Waals surface area contributed by atoms with Gasteiger partial charge in [0.15, 0.2) is 0 Å². The number of nitriles is 1. The van der Waals surface area contributed by atoms with Crippen molar-refractivity contribution < 1.29 is 4.74 Å². The Balaban J connectivity index is 2.11. The summed E-state index contributed by atoms with van der Waals surface area (Å²) in [5.74, 6) is 0.336. The first kappa shape index (κ1) is 11.1. The standard InChI is InChI=1S/C13H16N2O/c14-8-11-4-2-1-3-10(11)7-12-9-16-6-5-13(12)15/h1-4,12-13H,5-7,9,15H2/t12-,13-/m0/s1. The summed E-state index contributed by atoms with van der Waals surface area (Å²) >= 11 is 0. The summed E-state index contributed by atoms with van der Waals surface area (Å²) < 4.78 is 5.44. The zero-order valence-corrected chi connectivity index (χ0v) is 9.23. The molecule has 84 valence electrons. The van der Waals surface area contributed by atoms with E-state index in [1.807, 2.05) is 24.3 Å². The second-order valence-electron chi connectivity index (χ2n) is 4.26. The fourth-order valence-electron chi connectivity index (χ4n) is 2.11. The molecule has 0 radical (unpaired) electrons. The molecule has 0 aromatic heterocycles. The molecule has 0 saturated carbocycles. The second-order valence-corrected chi connectivity index (χ2v) is 4.26. The summed E-state index contributed by atoms with van der Waals surface area (Å²) in [5, 5.41) is 9.00. The van der Waals surface area contributed by atoms with Crippen LogP contribution in [-0.4, -0.2) is 19.3 Å². The summed E-state index contributed by atoms with van der Waals surface area (Å²) in [7, 11) is 0. The Kier molecular flexibility index (Phi) is 3.55. The molecule has 1 aliphatic heterocycles. The molecule has 2 rings (SSSR count). The van der Waals surface area contributed by atoms with E-state index in [4.69, 9.17) is 15.7 Å². The molecule has 2 atom stereocenters. The Bertz CT molecular complexity index is 397. The number of hydrogen-bond acceptors (Lipinski definition) is 3. The average Bonchev–Trinajstić information content (AvgIpc) is 2.33. The predicted octanol–water partition coefficient (Wildman–Crippen LogP) is 1.46. The molecule has 0 spiro atoms. The third-order valence-electron chi connectivity index (χ3n) is 3.15. The average molecular weight is 216 g/mol. The third kappa shape index (κ3) is 2.41. The molecule has 0 amide bonds. The lowest BCUT2D eigenvalue weighted by Gasteiger charge is -2.28. The van der Waals surface area contributed by atoms with Crippen LogP contribution >= 0.6 is 0 Å². The number of nitrogens with zero attached hydrogens (tertiary/aromatic N) is 1. The van der Waals surface area contributed by atoms with Crippen LogP contribution < -0.4 is 5.73 Å². The van der Waals surface area contributed by atoms with Gasteiger partial charge in [0.05, 0.1) is 18.2 Å². The molecule has 1 fully saturated rings. The van der Waals surface area contributed by atoms with Crippen LogP contribution in [0.1, 0.15) is 17.5 Å². The molecule has 1 aromatic rings. The van der Waals surface area contributed by atoms with Gasteiger partial charge < -0.3 is 10.5 Å². The van der Waals surface area contributed by atoms with Crippen molar-refractivity contribution in [2.45, 2.75) is 18.9 Å². The highest BCUT2D eigenvalue weighted by molar-refractivity contribution is 5.37. The van der Waals surface area contributed by atoms with Gasteiger partial charge in [0.25, 0.3) is 0 Å². The normalized spacial score (nSPS) is 25.0. The SMILES string of the molecule is N#Cc1ccccc1C[C@H]1COCC[C@@H]1N. The van der Waals surface area contributed by atoms with Crippen LogP contribution in [-0.2, 0) is 11.2 Å². The van der Waals surface area contributed by atoms with E-state index in [0.29, 0.717) is 12.5 Å². The molecule has 1 heterocycles. The fraction of sp³-hybridized carbons (Fsp3) is 0.462. The van der Waals surface area contributed by atoms with E-state index in [9.17, 15) is 0 Å². The molecule has 0 aliphatic carbocycles. The highest BCUT2D eigenvalue weighted by Gasteiger charge is 2.23. The van der Waals surface area contributed by atoms with E-state index in [1.165, 1.54) is 0 Å². The quantitative estimate of drug-likeness (QED) is 0.814. The van der Waals surface area contributed by atoms with E-state index in [-0.39, 0.29) is 6.04 Å². The Morgan fingerprint density at radius 2 is 2.25 bits per heavy atom. The lowest BCUT2D eigenvalue weighted by molar-refractivity contribution is 0.0422. The van der Waals surface area contributed by atoms with E-state index in [0.717, 1.165) is 30.6 Å². The lowest BCUT2D eigenvalue weighted by Crippen LogP contribution is -2.39. The van der Waals surface area contributed by atoms with Crippen LogP contribution in [0.25, 0.3) is 0 Å². The van der Waals surface area contributed by atoms with Crippen LogP contribution in [0, 0.1) is 17.2 Å². The van der Waals surface area contributed by atoms with Crippen molar-refractivity contribution in [3.63, 3.8) is 0 Å². The van der Waals surface area contributed by atoms with Gasteiger partial charge in [0, 0.05) is 18.6 Å². The summed E-state index contributed by atoms with van der Waals surface area (Å²) in [4.78, 5) is 0. The Hall–Kier alpha value is -1.37. The summed E-state index contributed by atoms with van der Waals surface area (Å²) in [6.07, 6.45) is 1.75. The molecule has 1 aliphatic rings. The third-order valence-corrected chi connectivity index (χ3v) is 3.15. The topological polar surface area (TPSA) is 59.0 Å². The van der Waals surface area contributed by atoms with Gasteiger partial charge in [0.1, 0.15) is 0 Å². The Labute approximate surface area is 95.8 Å². The van der Waals surface area contributed by atoms with Gasteiger partial charge in [-0.2, -0.15) is 5.26 Å². The van der Waals surface area contributed by atoms with Crippen molar-refractivity contribution in [2.75, 3.05) is 13.2 Å². The molecule has 1 saturated heterocycles. The van der Waals surface area contributed by atoms with Crippen LogP contribution in [0.15, 0.2) is 24.3 Å². The monoisotopic (exact) mass is 216 g/mol. The van der Waals surface area contributed by atoms with Crippen molar-refractivity contribution in [1.29, 1.82) is 5.26 Å². The van der Waals surface area contributed by atoms with Gasteiger partial charge in [-0.1, -0.05) is 18.2 Å². The van der Waals surface area contributed by atoms with Crippen LogP contribution in [0.4, 0.5) is 0 Å². The Morgan fingerprint density at radius 1 is 1.44 bits per heavy atom. The van der Waals surface area contributed by atoms with Gasteiger partial charge in [-0.3, -0.25) is 0 Å². The minimum absolute atomic E-state index is 0.195. The number of hydrogen-bond donors (Lipinski definition) is 1. The van der Waals surface area contributed by atoms with Crippen molar-refractivity contribution in [1.82, 2.24) is 0 Å². The first-order valence-electron chi connectivity index (χ1n) is 5.62. The molecule has 3 heteroatoms. The number of benzene rings is 1. The second kappa shape index (κ2) is 5.11. The smallest absolute Gasteiger partial charge is 0.0994 e. The number of rotatable bonds is 2. The van der Waals surface area contributed by atoms with Gasteiger partial charge in [-0.05, 0) is 24.5 Å². The first-order chi connectivity index (χ1) is 7.81. The summed E-state index contributed by atoms with van der Waals surface area (Å²) in [5.41, 5.74) is 7.89. The van der Waals surface area contributed by atoms with Crippen molar-refractivity contribution in [2.24, 2.45) is 11.7 Å². The lowest BCUT2D eigenvalue weighted by atomic mass is 9.88. The highest BCUT2D eigenvalue weighted by atomic mass is 16.5. The minimum atomic E-state index is 0.195. The van der Waals surface area contributed by atoms with E-state index in [1.54, 1.807) is 0 Å². The predicted molar refractivity (Wildman–Crippen MR) is 61.8 cm³/mol. The van der Waals surface area contributed by atoms with Crippen LogP contribution in [0.3, 0.4) is 0 Å². The van der Waals surface area contributed by atoms with Crippen molar-refractivity contribution in [3.8, 4) is 6.07 Å². The molecule has 16 heavy (non-hydrogen) atoms. The van der Waals surface area contributed by atoms with Crippen molar-refractivity contribution >= 4 is 0 Å². The van der Waals surface area contributed by atoms with Gasteiger partial charge >= 0.3 is 0 Å². The van der Waals surface area contributed by atoms with E-state index in [2.05, 4.69) is 6.07 Å². The maximum atomic E-state index is 9.00. The molecule has 0 unspecified atom stereocenters. The van der Waals surface area contributed by atoms with E-state index >= 15 is 0 Å². The molecule has 3 nitrogen and oxygen atoms in total. The summed E-state index contributed by atoms with van der Waals surface area (Å²) in [6.45, 7) is 1.47.